The molecule has 1 spiro atoms. The van der Waals surface area contributed by atoms with Crippen molar-refractivity contribution in [3.63, 3.8) is 0 Å². The molecule has 0 amide bonds. The van der Waals surface area contributed by atoms with Gasteiger partial charge in [0.25, 0.3) is 0 Å². The summed E-state index contributed by atoms with van der Waals surface area (Å²) in [6.07, 6.45) is 2.65. The normalized spacial score (nSPS) is 25.2. The van der Waals surface area contributed by atoms with Crippen LogP contribution in [0, 0.1) is 5.41 Å². The van der Waals surface area contributed by atoms with Crippen LogP contribution in [0.5, 0.6) is 0 Å². The zero-order chi connectivity index (χ0) is 17.4. The quantitative estimate of drug-likeness (QED) is 0.811. The Bertz CT molecular complexity index is 726. The monoisotopic (exact) mass is 423 g/mol. The fourth-order valence-electron chi connectivity index (χ4n) is 4.05. The molecule has 1 saturated carbocycles. The standard InChI is InChI=1S/C18H22BrN3O2S/c1-2-24-15-11-14(23)18(15)7-9-22(10-8-18)17-6-3-12(20-21-17)13-4-5-16(19)25-13/h3-6,14-15,23H,2,7-11H2,1H3/t14-,15+/m0/s1. The predicted molar refractivity (Wildman–Crippen MR) is 103 cm³/mol. The van der Waals surface area contributed by atoms with Gasteiger partial charge in [0, 0.05) is 31.5 Å². The second-order valence-electron chi connectivity index (χ2n) is 6.80. The number of aliphatic hydroxyl groups excluding tert-OH is 1. The van der Waals surface area contributed by atoms with Crippen molar-refractivity contribution < 1.29 is 9.84 Å². The molecular weight excluding hydrogens is 402 g/mol. The van der Waals surface area contributed by atoms with Crippen molar-refractivity contribution in [2.24, 2.45) is 5.41 Å². The second kappa shape index (κ2) is 6.95. The number of thiophene rings is 1. The van der Waals surface area contributed by atoms with E-state index in [1.807, 2.05) is 25.1 Å². The number of aromatic nitrogens is 2. The minimum absolute atomic E-state index is 0.0525. The van der Waals surface area contributed by atoms with Gasteiger partial charge in [-0.05, 0) is 60.0 Å². The number of nitrogens with zero attached hydrogens (tertiary/aromatic N) is 3. The van der Waals surface area contributed by atoms with Crippen molar-refractivity contribution in [2.45, 2.75) is 38.4 Å². The lowest BCUT2D eigenvalue weighted by Crippen LogP contribution is -2.62. The van der Waals surface area contributed by atoms with Crippen LogP contribution in [-0.2, 0) is 4.74 Å². The van der Waals surface area contributed by atoms with E-state index < -0.39 is 0 Å². The summed E-state index contributed by atoms with van der Waals surface area (Å²) in [7, 11) is 0. The highest BCUT2D eigenvalue weighted by atomic mass is 79.9. The van der Waals surface area contributed by atoms with Crippen molar-refractivity contribution in [2.75, 3.05) is 24.6 Å². The number of halogens is 1. The van der Waals surface area contributed by atoms with Gasteiger partial charge in [-0.3, -0.25) is 0 Å². The lowest BCUT2D eigenvalue weighted by Gasteiger charge is -2.56. The van der Waals surface area contributed by atoms with Gasteiger partial charge in [0.15, 0.2) is 5.82 Å². The van der Waals surface area contributed by atoms with Gasteiger partial charge in [-0.25, -0.2) is 0 Å². The number of piperidine rings is 1. The maximum Gasteiger partial charge on any atom is 0.151 e. The molecule has 25 heavy (non-hydrogen) atoms. The number of hydrogen-bond donors (Lipinski definition) is 1. The van der Waals surface area contributed by atoms with Crippen LogP contribution in [-0.4, -0.2) is 47.2 Å². The van der Waals surface area contributed by atoms with Crippen LogP contribution in [0.2, 0.25) is 0 Å². The lowest BCUT2D eigenvalue weighted by molar-refractivity contribution is -0.199. The number of rotatable bonds is 4. The topological polar surface area (TPSA) is 58.5 Å². The van der Waals surface area contributed by atoms with Crippen molar-refractivity contribution in [3.05, 3.63) is 28.1 Å². The summed E-state index contributed by atoms with van der Waals surface area (Å²) in [5.74, 6) is 0.913. The van der Waals surface area contributed by atoms with Crippen LogP contribution in [0.15, 0.2) is 28.1 Å². The minimum Gasteiger partial charge on any atom is -0.392 e. The molecule has 5 nitrogen and oxygen atoms in total. The Hall–Kier alpha value is -1.02. The van der Waals surface area contributed by atoms with E-state index in [1.54, 1.807) is 11.3 Å². The van der Waals surface area contributed by atoms with Crippen LogP contribution >= 0.6 is 27.3 Å². The molecule has 1 aliphatic carbocycles. The fourth-order valence-corrected chi connectivity index (χ4v) is 5.40. The van der Waals surface area contributed by atoms with Gasteiger partial charge >= 0.3 is 0 Å². The Balaban J connectivity index is 1.42. The smallest absolute Gasteiger partial charge is 0.151 e. The van der Waals surface area contributed by atoms with Gasteiger partial charge in [-0.1, -0.05) is 0 Å². The summed E-state index contributed by atoms with van der Waals surface area (Å²) >= 11 is 5.14. The highest BCUT2D eigenvalue weighted by Crippen LogP contribution is 2.51. The molecule has 2 aliphatic rings. The Labute approximate surface area is 160 Å². The molecular formula is C18H22BrN3O2S. The van der Waals surface area contributed by atoms with Crippen molar-refractivity contribution in [1.29, 1.82) is 0 Å². The van der Waals surface area contributed by atoms with Crippen LogP contribution in [0.3, 0.4) is 0 Å². The summed E-state index contributed by atoms with van der Waals surface area (Å²) in [5, 5.41) is 19.1. The Morgan fingerprint density at radius 2 is 2.08 bits per heavy atom. The molecule has 7 heteroatoms. The van der Waals surface area contributed by atoms with Gasteiger partial charge in [0.05, 0.1) is 20.9 Å². The summed E-state index contributed by atoms with van der Waals surface area (Å²) in [6, 6.07) is 8.16. The van der Waals surface area contributed by atoms with E-state index in [2.05, 4.69) is 37.1 Å². The molecule has 2 atom stereocenters. The first kappa shape index (κ1) is 17.4. The average molecular weight is 424 g/mol. The minimum atomic E-state index is -0.225. The number of anilines is 1. The Morgan fingerprint density at radius 3 is 2.64 bits per heavy atom. The molecule has 3 heterocycles. The van der Waals surface area contributed by atoms with Crippen LogP contribution in [0.1, 0.15) is 26.2 Å². The molecule has 4 rings (SSSR count). The lowest BCUT2D eigenvalue weighted by atomic mass is 9.58. The molecule has 2 fully saturated rings. The van der Waals surface area contributed by atoms with Gasteiger partial charge in [-0.2, -0.15) is 0 Å². The number of ether oxygens (including phenoxy) is 1. The first-order valence-corrected chi connectivity index (χ1v) is 10.4. The average Bonchev–Trinajstić information content (AvgIpc) is 3.08. The van der Waals surface area contributed by atoms with Crippen LogP contribution < -0.4 is 4.90 Å². The molecule has 1 aliphatic heterocycles. The fraction of sp³-hybridized carbons (Fsp3) is 0.556. The number of hydrogen-bond acceptors (Lipinski definition) is 6. The van der Waals surface area contributed by atoms with E-state index in [4.69, 9.17) is 4.74 Å². The van der Waals surface area contributed by atoms with Gasteiger partial charge < -0.3 is 14.7 Å². The Morgan fingerprint density at radius 1 is 1.28 bits per heavy atom. The maximum atomic E-state index is 10.3. The molecule has 2 aromatic heterocycles. The maximum absolute atomic E-state index is 10.3. The van der Waals surface area contributed by atoms with E-state index in [1.165, 1.54) is 0 Å². The zero-order valence-corrected chi connectivity index (χ0v) is 16.6. The third-order valence-electron chi connectivity index (χ3n) is 5.60. The Kier molecular flexibility index (Phi) is 4.83. The summed E-state index contributed by atoms with van der Waals surface area (Å²) in [4.78, 5) is 3.38. The van der Waals surface area contributed by atoms with Crippen molar-refractivity contribution in [3.8, 4) is 10.6 Å². The van der Waals surface area contributed by atoms with E-state index in [0.29, 0.717) is 6.61 Å². The first-order valence-electron chi connectivity index (χ1n) is 8.76. The van der Waals surface area contributed by atoms with Crippen LogP contribution in [0.4, 0.5) is 5.82 Å². The summed E-state index contributed by atoms with van der Waals surface area (Å²) < 4.78 is 6.94. The van der Waals surface area contributed by atoms with E-state index >= 15 is 0 Å². The van der Waals surface area contributed by atoms with Gasteiger partial charge in [-0.15, -0.1) is 21.5 Å². The van der Waals surface area contributed by atoms with E-state index in [9.17, 15) is 5.11 Å². The van der Waals surface area contributed by atoms with E-state index in [-0.39, 0.29) is 17.6 Å². The SMILES string of the molecule is CCO[C@@H]1C[C@H](O)C12CCN(c1ccc(-c3ccc(Br)s3)nn1)CC2. The molecule has 2 aromatic rings. The molecule has 0 bridgehead atoms. The summed E-state index contributed by atoms with van der Waals surface area (Å²) in [5.41, 5.74) is 0.849. The molecule has 1 N–H and O–H groups in total. The highest BCUT2D eigenvalue weighted by Gasteiger charge is 2.56. The third kappa shape index (κ3) is 3.12. The first-order chi connectivity index (χ1) is 12.1. The highest BCUT2D eigenvalue weighted by molar-refractivity contribution is 9.11. The zero-order valence-electron chi connectivity index (χ0n) is 14.2. The van der Waals surface area contributed by atoms with E-state index in [0.717, 1.165) is 52.5 Å². The summed E-state index contributed by atoms with van der Waals surface area (Å²) in [6.45, 7) is 4.52. The molecule has 0 aromatic carbocycles. The predicted octanol–water partition coefficient (Wildman–Crippen LogP) is 3.72. The molecule has 0 unspecified atom stereocenters. The van der Waals surface area contributed by atoms with Gasteiger partial charge in [0.2, 0.25) is 0 Å². The molecule has 134 valence electrons. The van der Waals surface area contributed by atoms with Gasteiger partial charge in [0.1, 0.15) is 5.69 Å². The number of aliphatic hydroxyl groups is 1. The third-order valence-corrected chi connectivity index (χ3v) is 7.25. The largest absolute Gasteiger partial charge is 0.392 e. The molecule has 1 saturated heterocycles. The molecule has 0 radical (unpaired) electrons. The second-order valence-corrected chi connectivity index (χ2v) is 9.26. The van der Waals surface area contributed by atoms with Crippen molar-refractivity contribution in [1.82, 2.24) is 10.2 Å². The van der Waals surface area contributed by atoms with Crippen LogP contribution in [0.25, 0.3) is 10.6 Å². The van der Waals surface area contributed by atoms with Crippen molar-refractivity contribution >= 4 is 33.1 Å².